The number of ether oxygens (including phenoxy) is 2. The number of carbonyl (C=O) groups excluding carboxylic acids is 8. The highest BCUT2D eigenvalue weighted by Crippen LogP contribution is 2.26. The number of amides is 6. The van der Waals surface area contributed by atoms with E-state index in [1.54, 1.807) is 39.5 Å². The molecule has 0 radical (unpaired) electrons. The molecule has 1 aliphatic carbocycles. The van der Waals surface area contributed by atoms with Crippen molar-refractivity contribution < 1.29 is 47.8 Å². The van der Waals surface area contributed by atoms with Crippen LogP contribution in [0.1, 0.15) is 97.1 Å². The molecule has 1 saturated carbocycles. The Hall–Kier alpha value is -5.28. The largest absolute Gasteiger partial charge is 0.469 e. The van der Waals surface area contributed by atoms with Crippen LogP contribution in [0.3, 0.4) is 0 Å². The number of Topliss-reactive ketones (excluding diaryl/α,β-unsaturated/α-hetero) is 1. The second-order valence-corrected chi connectivity index (χ2v) is 15.6. The highest BCUT2D eigenvalue weighted by Gasteiger charge is 2.45. The van der Waals surface area contributed by atoms with Gasteiger partial charge in [-0.2, -0.15) is 0 Å². The number of carbonyl (C=O) groups is 8. The van der Waals surface area contributed by atoms with Crippen LogP contribution in [0, 0.1) is 11.8 Å². The molecule has 4 rings (SSSR count). The van der Waals surface area contributed by atoms with Crippen molar-refractivity contribution in [2.24, 2.45) is 11.8 Å². The molecule has 2 heterocycles. The fraction of sp³-hybridized carbons (Fsp3) is 0.610. The summed E-state index contributed by atoms with van der Waals surface area (Å²) in [6.07, 6.45) is 3.39. The van der Waals surface area contributed by atoms with Gasteiger partial charge in [-0.15, -0.1) is 0 Å². The Morgan fingerprint density at radius 2 is 1.56 bits per heavy atom. The average Bonchev–Trinajstić information content (AvgIpc) is 3.90. The fourth-order valence-electron chi connectivity index (χ4n) is 6.84. The van der Waals surface area contributed by atoms with Gasteiger partial charge in [0.2, 0.25) is 23.6 Å². The lowest BCUT2D eigenvalue weighted by atomic mass is 9.98. The molecule has 4 atom stereocenters. The number of allylic oxidation sites excluding steroid dienone is 1. The first kappa shape index (κ1) is 44.4. The highest BCUT2D eigenvalue weighted by molar-refractivity contribution is 6.43. The number of hydrogen-bond acceptors (Lipinski definition) is 10. The second kappa shape index (κ2) is 20.8. The molecule has 16 nitrogen and oxygen atoms in total. The first-order chi connectivity index (χ1) is 27.1. The van der Waals surface area contributed by atoms with Crippen LogP contribution in [0.2, 0.25) is 0 Å². The number of esters is 1. The summed E-state index contributed by atoms with van der Waals surface area (Å²) in [5, 5.41) is 10.7. The SMILES string of the molecule is CC/C=C(/NC(=O)[C@@H]1C[C@@H](OC(=O)N2CCc3ccccc3C2)CN1C(=O)[C@@H](NC(=O)[C@@H](NC(=O)CCCCC(=O)OC)C(C)C)C(C)C)C(=O)C(=O)NC1CC1. The summed E-state index contributed by atoms with van der Waals surface area (Å²) in [6, 6.07) is 4.33. The second-order valence-electron chi connectivity index (χ2n) is 15.6. The van der Waals surface area contributed by atoms with Crippen LogP contribution < -0.4 is 21.3 Å². The van der Waals surface area contributed by atoms with Crippen molar-refractivity contribution >= 4 is 47.4 Å². The van der Waals surface area contributed by atoms with Gasteiger partial charge in [0, 0.05) is 38.4 Å². The van der Waals surface area contributed by atoms with Gasteiger partial charge in [-0.1, -0.05) is 65.0 Å². The zero-order valence-electron chi connectivity index (χ0n) is 33.9. The zero-order valence-corrected chi connectivity index (χ0v) is 33.9. The maximum absolute atomic E-state index is 14.5. The lowest BCUT2D eigenvalue weighted by molar-refractivity contribution is -0.143. The van der Waals surface area contributed by atoms with Crippen molar-refractivity contribution in [1.82, 2.24) is 31.1 Å². The third-order valence-electron chi connectivity index (χ3n) is 10.3. The molecule has 0 unspecified atom stereocenters. The topological polar surface area (TPSA) is 210 Å². The number of nitrogens with one attached hydrogen (secondary N) is 4. The Bertz CT molecular complexity index is 1710. The van der Waals surface area contributed by atoms with E-state index in [0.717, 1.165) is 24.0 Å². The van der Waals surface area contributed by atoms with Crippen LogP contribution >= 0.6 is 0 Å². The summed E-state index contributed by atoms with van der Waals surface area (Å²) in [6.45, 7) is 9.29. The molecule has 2 fully saturated rings. The van der Waals surface area contributed by atoms with E-state index in [4.69, 9.17) is 4.74 Å². The molecular formula is C41H58N6O10. The van der Waals surface area contributed by atoms with E-state index >= 15 is 0 Å². The van der Waals surface area contributed by atoms with E-state index < -0.39 is 71.6 Å². The van der Waals surface area contributed by atoms with E-state index in [1.165, 1.54) is 18.1 Å². The Labute approximate surface area is 334 Å². The van der Waals surface area contributed by atoms with Crippen LogP contribution in [0.15, 0.2) is 36.0 Å². The van der Waals surface area contributed by atoms with Crippen LogP contribution in [-0.2, 0) is 56.0 Å². The van der Waals surface area contributed by atoms with Gasteiger partial charge in [-0.25, -0.2) is 4.79 Å². The van der Waals surface area contributed by atoms with E-state index in [1.807, 2.05) is 24.3 Å². The number of hydrogen-bond donors (Lipinski definition) is 4. The molecule has 0 spiro atoms. The molecule has 4 N–H and O–H groups in total. The summed E-state index contributed by atoms with van der Waals surface area (Å²) in [4.78, 5) is 109. The van der Waals surface area contributed by atoms with E-state index in [0.29, 0.717) is 38.8 Å². The summed E-state index contributed by atoms with van der Waals surface area (Å²) >= 11 is 0. The predicted molar refractivity (Wildman–Crippen MR) is 208 cm³/mol. The summed E-state index contributed by atoms with van der Waals surface area (Å²) in [7, 11) is 1.29. The number of rotatable bonds is 18. The van der Waals surface area contributed by atoms with Gasteiger partial charge < -0.3 is 40.5 Å². The van der Waals surface area contributed by atoms with Crippen molar-refractivity contribution in [3.63, 3.8) is 0 Å². The number of methoxy groups -OCH3 is 1. The Morgan fingerprint density at radius 1 is 0.895 bits per heavy atom. The average molecular weight is 795 g/mol. The van der Waals surface area contributed by atoms with Crippen LogP contribution in [0.5, 0.6) is 0 Å². The van der Waals surface area contributed by atoms with Crippen molar-refractivity contribution in [2.75, 3.05) is 20.2 Å². The van der Waals surface area contributed by atoms with Gasteiger partial charge in [0.25, 0.3) is 11.7 Å². The van der Waals surface area contributed by atoms with Gasteiger partial charge >= 0.3 is 12.1 Å². The predicted octanol–water partition coefficient (Wildman–Crippen LogP) is 2.42. The first-order valence-electron chi connectivity index (χ1n) is 20.0. The van der Waals surface area contributed by atoms with Crippen molar-refractivity contribution in [1.29, 1.82) is 0 Å². The van der Waals surface area contributed by atoms with E-state index in [2.05, 4.69) is 26.0 Å². The minimum Gasteiger partial charge on any atom is -0.469 e. The summed E-state index contributed by atoms with van der Waals surface area (Å²) in [5.41, 5.74) is 1.91. The third kappa shape index (κ3) is 12.6. The van der Waals surface area contributed by atoms with Gasteiger partial charge in [0.1, 0.15) is 24.2 Å². The smallest absolute Gasteiger partial charge is 0.410 e. The quantitative estimate of drug-likeness (QED) is 0.0739. The molecule has 1 saturated heterocycles. The molecule has 312 valence electrons. The lowest BCUT2D eigenvalue weighted by Crippen LogP contribution is -2.59. The third-order valence-corrected chi connectivity index (χ3v) is 10.3. The summed E-state index contributed by atoms with van der Waals surface area (Å²) in [5.74, 6) is -5.36. The van der Waals surface area contributed by atoms with E-state index in [9.17, 15) is 38.4 Å². The molecule has 16 heteroatoms. The number of ketones is 1. The highest BCUT2D eigenvalue weighted by atomic mass is 16.6. The Kier molecular flexibility index (Phi) is 16.2. The van der Waals surface area contributed by atoms with Crippen molar-refractivity contribution in [2.45, 2.75) is 129 Å². The number of likely N-dealkylation sites (tertiary alicyclic amines) is 1. The molecule has 57 heavy (non-hydrogen) atoms. The first-order valence-corrected chi connectivity index (χ1v) is 20.0. The number of benzene rings is 1. The molecule has 6 amide bonds. The number of nitrogens with zero attached hydrogens (tertiary/aromatic N) is 2. The fourth-order valence-corrected chi connectivity index (χ4v) is 6.84. The Balaban J connectivity index is 1.51. The maximum Gasteiger partial charge on any atom is 0.410 e. The Morgan fingerprint density at radius 3 is 2.19 bits per heavy atom. The summed E-state index contributed by atoms with van der Waals surface area (Å²) < 4.78 is 10.5. The van der Waals surface area contributed by atoms with E-state index in [-0.39, 0.29) is 49.4 Å². The molecule has 0 aromatic heterocycles. The van der Waals surface area contributed by atoms with Gasteiger partial charge in [-0.3, -0.25) is 33.6 Å². The monoisotopic (exact) mass is 794 g/mol. The molecule has 1 aromatic carbocycles. The van der Waals surface area contributed by atoms with Crippen molar-refractivity contribution in [3.05, 3.63) is 47.2 Å². The van der Waals surface area contributed by atoms with Crippen LogP contribution in [0.25, 0.3) is 0 Å². The zero-order chi connectivity index (χ0) is 41.8. The van der Waals surface area contributed by atoms with Crippen LogP contribution in [-0.4, -0.2) is 108 Å². The number of fused-ring (bicyclic) bond motifs is 1. The minimum atomic E-state index is -1.24. The molecule has 3 aliphatic rings. The minimum absolute atomic E-state index is 0.0772. The standard InChI is InChI=1S/C41H58N6O10/c1-7-12-30(36(50)39(53)42-28-17-18-28)43-37(51)31-21-29(57-41(55)46-20-19-26-13-8-9-14-27(26)22-46)23-47(31)40(54)35(25(4)5)45-38(52)34(24(2)3)44-32(48)15-10-11-16-33(49)56-6/h8-9,12-14,24-25,28-29,31,34-35H,7,10-11,15-23H2,1-6H3,(H,42,53)(H,43,51)(H,44,48)(H,45,52)/b30-12+/t29-,31+,34+,35+/m1/s1. The van der Waals surface area contributed by atoms with Crippen LogP contribution in [0.4, 0.5) is 4.79 Å². The van der Waals surface area contributed by atoms with Gasteiger partial charge in [0.05, 0.1) is 19.4 Å². The normalized spacial score (nSPS) is 18.9. The van der Waals surface area contributed by atoms with Gasteiger partial charge in [0.15, 0.2) is 0 Å². The molecular weight excluding hydrogens is 736 g/mol. The molecule has 2 aliphatic heterocycles. The maximum atomic E-state index is 14.5. The van der Waals surface area contributed by atoms with Crippen molar-refractivity contribution in [3.8, 4) is 0 Å². The molecule has 0 bridgehead atoms. The number of unbranched alkanes of at least 4 members (excludes halogenated alkanes) is 1. The molecule has 1 aromatic rings. The lowest BCUT2D eigenvalue weighted by Gasteiger charge is -2.32. The van der Waals surface area contributed by atoms with Gasteiger partial charge in [-0.05, 0) is 61.5 Å².